The molecule has 3 fully saturated rings. The van der Waals surface area contributed by atoms with E-state index in [1.807, 2.05) is 0 Å². The first-order valence-electron chi connectivity index (χ1n) is 12.5. The zero-order valence-electron chi connectivity index (χ0n) is 21.9. The minimum Gasteiger partial charge on any atom is -0.394 e. The van der Waals surface area contributed by atoms with Crippen molar-refractivity contribution in [3.05, 3.63) is 0 Å². The summed E-state index contributed by atoms with van der Waals surface area (Å²) in [5, 5.41) is 116. The van der Waals surface area contributed by atoms with Crippen LogP contribution in [0.4, 0.5) is 0 Å². The number of methoxy groups -OCH3 is 1. The van der Waals surface area contributed by atoms with Crippen LogP contribution < -0.4 is 0 Å². The van der Waals surface area contributed by atoms with E-state index in [2.05, 4.69) is 0 Å². The molecule has 3 heterocycles. The molecule has 3 aliphatic rings. The van der Waals surface area contributed by atoms with Crippen LogP contribution in [0.3, 0.4) is 0 Å². The van der Waals surface area contributed by atoms with Gasteiger partial charge < -0.3 is 94.5 Å². The van der Waals surface area contributed by atoms with Crippen molar-refractivity contribution < 1.29 is 94.5 Å². The molecule has 3 rings (SSSR count). The van der Waals surface area contributed by atoms with E-state index < -0.39 is 125 Å². The molecule has 242 valence electrons. The van der Waals surface area contributed by atoms with E-state index in [4.69, 9.17) is 38.6 Å². The Bertz CT molecular complexity index is 760. The van der Waals surface area contributed by atoms with Crippen molar-refractivity contribution in [3.8, 4) is 0 Å². The third kappa shape index (κ3) is 8.75. The number of hydrogen-bond acceptors (Lipinski definition) is 19. The van der Waals surface area contributed by atoms with Crippen LogP contribution in [0.5, 0.6) is 0 Å². The summed E-state index contributed by atoms with van der Waals surface area (Å²) in [4.78, 5) is 9.33. The molecule has 0 bridgehead atoms. The molecule has 0 aromatic carbocycles. The van der Waals surface area contributed by atoms with Crippen molar-refractivity contribution in [1.29, 1.82) is 0 Å². The van der Waals surface area contributed by atoms with E-state index in [-0.39, 0.29) is 6.29 Å². The molecular formula is C22H40O19. The third-order valence-electron chi connectivity index (χ3n) is 6.66. The number of rotatable bonds is 10. The van der Waals surface area contributed by atoms with E-state index in [1.54, 1.807) is 0 Å². The Balaban J connectivity index is 0.000000883. The second-order valence-electron chi connectivity index (χ2n) is 9.47. The molecule has 0 unspecified atom stereocenters. The maximum absolute atomic E-state index is 10.5. The van der Waals surface area contributed by atoms with Gasteiger partial charge in [0.1, 0.15) is 79.4 Å². The smallest absolute Gasteiger partial charge is 0.187 e. The second kappa shape index (κ2) is 16.7. The Morgan fingerprint density at radius 2 is 1.27 bits per heavy atom. The van der Waals surface area contributed by atoms with Crippen molar-refractivity contribution in [1.82, 2.24) is 0 Å². The molecule has 16 atom stereocenters. The lowest BCUT2D eigenvalue weighted by atomic mass is 9.96. The van der Waals surface area contributed by atoms with Crippen LogP contribution in [-0.4, -0.2) is 199 Å². The molecule has 19 nitrogen and oxygen atoms in total. The Kier molecular flexibility index (Phi) is 14.7. The maximum atomic E-state index is 10.5. The van der Waals surface area contributed by atoms with Crippen LogP contribution in [0.15, 0.2) is 0 Å². The highest BCUT2D eigenvalue weighted by atomic mass is 16.7. The van der Waals surface area contributed by atoms with E-state index in [9.17, 15) is 55.9 Å². The summed E-state index contributed by atoms with van der Waals surface area (Å²) in [7, 11) is 1.20. The van der Waals surface area contributed by atoms with Gasteiger partial charge in [0.25, 0.3) is 0 Å². The number of carbonyl (C=O) groups is 1. The predicted molar refractivity (Wildman–Crippen MR) is 125 cm³/mol. The number of aldehydes is 1. The Labute approximate surface area is 233 Å². The minimum absolute atomic E-state index is 0.278. The number of aliphatic hydroxyl groups excluding tert-OH is 12. The highest BCUT2D eigenvalue weighted by Gasteiger charge is 2.51. The van der Waals surface area contributed by atoms with Crippen molar-refractivity contribution in [2.75, 3.05) is 33.5 Å². The SMILES string of the molecule is CO[C@H]1[C@@H](O)[C@@H](CO)O[C@@H](O[C@@H]2[C@H](O)[C@@H](O)[C@H](O)O[C@@H]2CO[C@@H]2O[C@H](CO)[C@@H](O)[C@H](O)[C@H]2O)[C@@H]1O.O=C[C@H](O)CO. The van der Waals surface area contributed by atoms with Crippen LogP contribution in [-0.2, 0) is 33.2 Å². The van der Waals surface area contributed by atoms with Gasteiger partial charge in [0.05, 0.1) is 26.4 Å². The fourth-order valence-corrected chi connectivity index (χ4v) is 4.26. The molecule has 0 saturated carbocycles. The summed E-state index contributed by atoms with van der Waals surface area (Å²) in [6.07, 6.45) is -24.4. The van der Waals surface area contributed by atoms with Gasteiger partial charge in [0, 0.05) is 7.11 Å². The van der Waals surface area contributed by atoms with Crippen molar-refractivity contribution in [3.63, 3.8) is 0 Å². The summed E-state index contributed by atoms with van der Waals surface area (Å²) in [5.74, 6) is 0. The lowest BCUT2D eigenvalue weighted by molar-refractivity contribution is -0.364. The number of hydrogen-bond donors (Lipinski definition) is 12. The van der Waals surface area contributed by atoms with Gasteiger partial charge in [-0.25, -0.2) is 0 Å². The van der Waals surface area contributed by atoms with Gasteiger partial charge >= 0.3 is 0 Å². The highest BCUT2D eigenvalue weighted by molar-refractivity contribution is 5.55. The molecule has 41 heavy (non-hydrogen) atoms. The third-order valence-corrected chi connectivity index (χ3v) is 6.66. The molecule has 12 N–H and O–H groups in total. The first-order chi connectivity index (χ1) is 19.4. The summed E-state index contributed by atoms with van der Waals surface area (Å²) < 4.78 is 31.9. The summed E-state index contributed by atoms with van der Waals surface area (Å²) >= 11 is 0. The monoisotopic (exact) mass is 608 g/mol. The normalized spacial score (nSPS) is 45.8. The predicted octanol–water partition coefficient (Wildman–Crippen LogP) is -8.38. The van der Waals surface area contributed by atoms with Gasteiger partial charge in [-0.1, -0.05) is 0 Å². The van der Waals surface area contributed by atoms with Crippen molar-refractivity contribution >= 4 is 6.29 Å². The van der Waals surface area contributed by atoms with E-state index in [0.717, 1.165) is 0 Å². The Morgan fingerprint density at radius 3 is 1.78 bits per heavy atom. The topological polar surface area (TPSA) is 315 Å². The molecule has 0 amide bonds. The number of aliphatic hydroxyl groups is 12. The second-order valence-corrected chi connectivity index (χ2v) is 9.47. The minimum atomic E-state index is -1.89. The lowest BCUT2D eigenvalue weighted by Gasteiger charge is -2.46. The summed E-state index contributed by atoms with van der Waals surface area (Å²) in [6.45, 7) is -2.43. The summed E-state index contributed by atoms with van der Waals surface area (Å²) in [6, 6.07) is 0. The molecule has 3 saturated heterocycles. The molecular weight excluding hydrogens is 568 g/mol. The number of carbonyl (C=O) groups excluding carboxylic acids is 1. The molecule has 19 heteroatoms. The van der Waals surface area contributed by atoms with Gasteiger partial charge in [-0.15, -0.1) is 0 Å². The molecule has 0 spiro atoms. The zero-order chi connectivity index (χ0) is 31.0. The van der Waals surface area contributed by atoms with Gasteiger partial charge in [0.2, 0.25) is 0 Å². The average molecular weight is 609 g/mol. The molecule has 0 radical (unpaired) electrons. The Morgan fingerprint density at radius 1 is 0.683 bits per heavy atom. The molecule has 0 aliphatic carbocycles. The van der Waals surface area contributed by atoms with E-state index in [0.29, 0.717) is 0 Å². The molecule has 0 aromatic heterocycles. The first-order valence-corrected chi connectivity index (χ1v) is 12.5. The standard InChI is InChI=1S/C19H34O16.C3H6O3/c1-30-16-9(23)6(3-21)34-19(14(16)28)35-15-7(32-17(29)12(26)11(15)25)4-31-18-13(27)10(24)8(22)5(2-20)33-18;4-1-3(6)2-5/h5-29H,2-4H2,1H3;1,3,5-6H,2H2/t5-,6-,7-,8-,9+,10+,11-,12-,13-,14-,15+,16+,17-,18-,19+;3-/m10/s1. The fraction of sp³-hybridized carbons (Fsp3) is 0.955. The molecule has 3 aliphatic heterocycles. The van der Waals surface area contributed by atoms with Crippen LogP contribution in [0.2, 0.25) is 0 Å². The van der Waals surface area contributed by atoms with Crippen LogP contribution in [0.25, 0.3) is 0 Å². The fourth-order valence-electron chi connectivity index (χ4n) is 4.26. The van der Waals surface area contributed by atoms with Crippen LogP contribution in [0, 0.1) is 0 Å². The first kappa shape index (κ1) is 36.1. The van der Waals surface area contributed by atoms with E-state index in [1.165, 1.54) is 7.11 Å². The highest BCUT2D eigenvalue weighted by Crippen LogP contribution is 2.30. The van der Waals surface area contributed by atoms with Gasteiger partial charge in [-0.05, 0) is 0 Å². The average Bonchev–Trinajstić information content (AvgIpc) is 2.97. The van der Waals surface area contributed by atoms with Crippen molar-refractivity contribution in [2.45, 2.75) is 98.2 Å². The van der Waals surface area contributed by atoms with Crippen molar-refractivity contribution in [2.24, 2.45) is 0 Å². The Hall–Kier alpha value is -1.05. The van der Waals surface area contributed by atoms with Gasteiger partial charge in [-0.2, -0.15) is 0 Å². The van der Waals surface area contributed by atoms with Gasteiger partial charge in [0.15, 0.2) is 25.2 Å². The summed E-state index contributed by atoms with van der Waals surface area (Å²) in [5.41, 5.74) is 0. The molecule has 0 aromatic rings. The van der Waals surface area contributed by atoms with Gasteiger partial charge in [-0.3, -0.25) is 0 Å². The van der Waals surface area contributed by atoms with E-state index >= 15 is 0 Å². The van der Waals surface area contributed by atoms with Crippen LogP contribution in [0.1, 0.15) is 0 Å². The quantitative estimate of drug-likeness (QED) is 0.102. The van der Waals surface area contributed by atoms with Crippen LogP contribution >= 0.6 is 0 Å². The largest absolute Gasteiger partial charge is 0.394 e. The lowest BCUT2D eigenvalue weighted by Crippen LogP contribution is -2.65. The zero-order valence-corrected chi connectivity index (χ0v) is 21.9. The number of ether oxygens (including phenoxy) is 6. The maximum Gasteiger partial charge on any atom is 0.187 e.